The first-order chi connectivity index (χ1) is 8.37. The third kappa shape index (κ3) is 5.04. The van der Waals surface area contributed by atoms with E-state index in [2.05, 4.69) is 5.48 Å². The Morgan fingerprint density at radius 2 is 1.89 bits per heavy atom. The summed E-state index contributed by atoms with van der Waals surface area (Å²) in [5, 5.41) is 0. The molecule has 1 aliphatic rings. The normalized spacial score (nSPS) is 19.1. The average molecular weight is 257 g/mol. The van der Waals surface area contributed by atoms with Crippen molar-refractivity contribution < 1.29 is 19.2 Å². The number of aldehydes is 1. The summed E-state index contributed by atoms with van der Waals surface area (Å²) >= 11 is 0. The number of carbonyl (C=O) groups is 2. The molecule has 1 aliphatic carbocycles. The van der Waals surface area contributed by atoms with Crippen LogP contribution in [0.1, 0.15) is 52.9 Å². The molecule has 0 spiro atoms. The molecule has 1 amide bonds. The molecule has 0 aromatic rings. The lowest BCUT2D eigenvalue weighted by Gasteiger charge is -2.31. The molecule has 18 heavy (non-hydrogen) atoms. The van der Waals surface area contributed by atoms with Crippen LogP contribution in [0.25, 0.3) is 0 Å². The van der Waals surface area contributed by atoms with Gasteiger partial charge in [-0.05, 0) is 33.6 Å². The van der Waals surface area contributed by atoms with E-state index in [4.69, 9.17) is 9.57 Å². The molecule has 0 unspecified atom stereocenters. The predicted octanol–water partition coefficient (Wildman–Crippen LogP) is 2.59. The molecule has 1 saturated carbocycles. The smallest absolute Gasteiger partial charge is 0.431 e. The Labute approximate surface area is 108 Å². The lowest BCUT2D eigenvalue weighted by molar-refractivity contribution is -0.124. The Morgan fingerprint density at radius 3 is 2.39 bits per heavy atom. The van der Waals surface area contributed by atoms with Crippen LogP contribution in [0.3, 0.4) is 0 Å². The molecule has 5 heteroatoms. The molecule has 5 nitrogen and oxygen atoms in total. The quantitative estimate of drug-likeness (QED) is 0.621. The van der Waals surface area contributed by atoms with Crippen molar-refractivity contribution >= 4 is 12.4 Å². The minimum Gasteiger partial charge on any atom is -0.442 e. The Hall–Kier alpha value is -1.10. The lowest BCUT2D eigenvalue weighted by Crippen LogP contribution is -2.38. The van der Waals surface area contributed by atoms with Crippen molar-refractivity contribution in [3.8, 4) is 0 Å². The van der Waals surface area contributed by atoms with Gasteiger partial charge in [0.05, 0.1) is 12.0 Å². The Balaban J connectivity index is 2.31. The predicted molar refractivity (Wildman–Crippen MR) is 66.9 cm³/mol. The maximum atomic E-state index is 11.3. The second kappa shape index (κ2) is 6.18. The van der Waals surface area contributed by atoms with Crippen LogP contribution in [-0.4, -0.2) is 24.6 Å². The van der Waals surface area contributed by atoms with Crippen molar-refractivity contribution in [2.45, 2.75) is 58.5 Å². The summed E-state index contributed by atoms with van der Waals surface area (Å²) in [5.74, 6) is 0. The van der Waals surface area contributed by atoms with Crippen LogP contribution in [-0.2, 0) is 14.4 Å². The molecule has 0 aliphatic heterocycles. The van der Waals surface area contributed by atoms with Crippen LogP contribution in [0.5, 0.6) is 0 Å². The summed E-state index contributed by atoms with van der Waals surface area (Å²) in [6, 6.07) is 0. The third-order valence-electron chi connectivity index (χ3n) is 3.01. The highest BCUT2D eigenvalue weighted by Crippen LogP contribution is 2.34. The van der Waals surface area contributed by atoms with Crippen molar-refractivity contribution in [3.05, 3.63) is 0 Å². The number of hydroxylamine groups is 1. The van der Waals surface area contributed by atoms with E-state index < -0.39 is 17.1 Å². The van der Waals surface area contributed by atoms with E-state index in [9.17, 15) is 9.59 Å². The van der Waals surface area contributed by atoms with Gasteiger partial charge >= 0.3 is 6.09 Å². The van der Waals surface area contributed by atoms with Gasteiger partial charge in [-0.15, -0.1) is 0 Å². The average Bonchev–Trinajstić information content (AvgIpc) is 2.28. The molecular formula is C13H23NO4. The maximum Gasteiger partial charge on any atom is 0.431 e. The van der Waals surface area contributed by atoms with Crippen molar-refractivity contribution in [1.82, 2.24) is 5.48 Å². The zero-order chi connectivity index (χ0) is 13.6. The van der Waals surface area contributed by atoms with Gasteiger partial charge < -0.3 is 9.53 Å². The topological polar surface area (TPSA) is 64.6 Å². The van der Waals surface area contributed by atoms with E-state index in [1.807, 2.05) is 0 Å². The summed E-state index contributed by atoms with van der Waals surface area (Å²) in [5.41, 5.74) is 1.23. The number of carbonyl (C=O) groups excluding carboxylic acids is 2. The second-order valence-electron chi connectivity index (χ2n) is 5.93. The van der Waals surface area contributed by atoms with Gasteiger partial charge in [-0.2, -0.15) is 5.48 Å². The fourth-order valence-corrected chi connectivity index (χ4v) is 2.09. The van der Waals surface area contributed by atoms with E-state index in [-0.39, 0.29) is 6.61 Å². The van der Waals surface area contributed by atoms with Gasteiger partial charge in [0.15, 0.2) is 0 Å². The Bertz CT molecular complexity index is 290. The highest BCUT2D eigenvalue weighted by molar-refractivity contribution is 5.66. The molecule has 0 aromatic heterocycles. The molecule has 104 valence electrons. The number of amides is 1. The molecular weight excluding hydrogens is 234 g/mol. The fraction of sp³-hybridized carbons (Fsp3) is 0.846. The van der Waals surface area contributed by atoms with Gasteiger partial charge in [-0.1, -0.05) is 19.3 Å². The van der Waals surface area contributed by atoms with Crippen LogP contribution in [0.15, 0.2) is 0 Å². The number of hydrogen-bond donors (Lipinski definition) is 1. The van der Waals surface area contributed by atoms with Gasteiger partial charge in [0.2, 0.25) is 0 Å². The molecule has 1 N–H and O–H groups in total. The van der Waals surface area contributed by atoms with Crippen LogP contribution < -0.4 is 5.48 Å². The minimum absolute atomic E-state index is 0.218. The minimum atomic E-state index is -0.626. The van der Waals surface area contributed by atoms with E-state index in [1.165, 1.54) is 0 Å². The maximum absolute atomic E-state index is 11.3. The molecule has 0 aromatic carbocycles. The number of ether oxygens (including phenoxy) is 1. The van der Waals surface area contributed by atoms with E-state index in [0.29, 0.717) is 0 Å². The van der Waals surface area contributed by atoms with Crippen molar-refractivity contribution in [2.75, 3.05) is 6.61 Å². The standard InChI is InChI=1S/C13H23NO4/c1-12(2,3)18-11(16)14-17-10-13(9-15)7-5-4-6-8-13/h9H,4-8,10H2,1-3H3,(H,14,16). The molecule has 0 atom stereocenters. The number of hydrogen-bond acceptors (Lipinski definition) is 4. The summed E-state index contributed by atoms with van der Waals surface area (Å²) < 4.78 is 5.03. The Kier molecular flexibility index (Phi) is 5.14. The highest BCUT2D eigenvalue weighted by Gasteiger charge is 2.32. The van der Waals surface area contributed by atoms with Crippen LogP contribution >= 0.6 is 0 Å². The SMILES string of the molecule is CC(C)(C)OC(=O)NOCC1(C=O)CCCCC1. The molecule has 0 radical (unpaired) electrons. The first-order valence-electron chi connectivity index (χ1n) is 6.44. The van der Waals surface area contributed by atoms with Gasteiger partial charge in [-0.3, -0.25) is 4.84 Å². The number of rotatable bonds is 4. The van der Waals surface area contributed by atoms with E-state index in [1.54, 1.807) is 20.8 Å². The van der Waals surface area contributed by atoms with Crippen molar-refractivity contribution in [1.29, 1.82) is 0 Å². The van der Waals surface area contributed by atoms with Gasteiger partial charge in [0, 0.05) is 0 Å². The summed E-state index contributed by atoms with van der Waals surface area (Å²) in [4.78, 5) is 27.6. The van der Waals surface area contributed by atoms with E-state index >= 15 is 0 Å². The fourth-order valence-electron chi connectivity index (χ4n) is 2.09. The summed E-state index contributed by atoms with van der Waals surface area (Å²) in [6.45, 7) is 5.55. The van der Waals surface area contributed by atoms with Crippen molar-refractivity contribution in [3.63, 3.8) is 0 Å². The molecule has 0 heterocycles. The highest BCUT2D eigenvalue weighted by atomic mass is 16.7. The third-order valence-corrected chi connectivity index (χ3v) is 3.01. The summed E-state index contributed by atoms with van der Waals surface area (Å²) in [7, 11) is 0. The summed E-state index contributed by atoms with van der Waals surface area (Å²) in [6.07, 6.45) is 5.22. The van der Waals surface area contributed by atoms with Crippen LogP contribution in [0.4, 0.5) is 4.79 Å². The van der Waals surface area contributed by atoms with Gasteiger partial charge in [-0.25, -0.2) is 4.79 Å². The monoisotopic (exact) mass is 257 g/mol. The first-order valence-corrected chi connectivity index (χ1v) is 6.44. The Morgan fingerprint density at radius 1 is 1.28 bits per heavy atom. The van der Waals surface area contributed by atoms with Gasteiger partial charge in [0.1, 0.15) is 11.9 Å². The van der Waals surface area contributed by atoms with Crippen LogP contribution in [0, 0.1) is 5.41 Å². The van der Waals surface area contributed by atoms with Crippen molar-refractivity contribution in [2.24, 2.45) is 5.41 Å². The zero-order valence-electron chi connectivity index (χ0n) is 11.5. The molecule has 1 fully saturated rings. The largest absolute Gasteiger partial charge is 0.442 e. The zero-order valence-corrected chi connectivity index (χ0v) is 11.5. The molecule has 1 rings (SSSR count). The molecule has 0 saturated heterocycles. The second-order valence-corrected chi connectivity index (χ2v) is 5.93. The van der Waals surface area contributed by atoms with E-state index in [0.717, 1.165) is 38.4 Å². The lowest BCUT2D eigenvalue weighted by atomic mass is 9.76. The molecule has 0 bridgehead atoms. The van der Waals surface area contributed by atoms with Crippen LogP contribution in [0.2, 0.25) is 0 Å². The first kappa shape index (κ1) is 15.0. The van der Waals surface area contributed by atoms with Gasteiger partial charge in [0.25, 0.3) is 0 Å². The number of nitrogens with one attached hydrogen (secondary N) is 1.